The molecule has 0 aromatic carbocycles. The zero-order chi connectivity index (χ0) is 15.1. The summed E-state index contributed by atoms with van der Waals surface area (Å²) in [4.78, 5) is 26.8. The number of fused-ring (bicyclic) bond motifs is 1. The molecule has 0 bridgehead atoms. The van der Waals surface area contributed by atoms with E-state index in [2.05, 4.69) is 0 Å². The Balaban J connectivity index is 2.11. The fourth-order valence-corrected chi connectivity index (χ4v) is 3.69. The molecule has 114 valence electrons. The van der Waals surface area contributed by atoms with Gasteiger partial charge in [-0.2, -0.15) is 0 Å². The van der Waals surface area contributed by atoms with Crippen molar-refractivity contribution in [3.8, 4) is 0 Å². The van der Waals surface area contributed by atoms with Crippen LogP contribution >= 0.6 is 0 Å². The van der Waals surface area contributed by atoms with Crippen molar-refractivity contribution in [3.05, 3.63) is 0 Å². The Morgan fingerprint density at radius 3 is 2.55 bits per heavy atom. The lowest BCUT2D eigenvalue weighted by atomic mass is 9.94. The summed E-state index contributed by atoms with van der Waals surface area (Å²) >= 11 is 0. The number of aliphatic hydroxyl groups is 1. The molecule has 2 rings (SSSR count). The van der Waals surface area contributed by atoms with Crippen molar-refractivity contribution in [2.45, 2.75) is 44.8 Å². The van der Waals surface area contributed by atoms with Crippen LogP contribution in [0.3, 0.4) is 0 Å². The summed E-state index contributed by atoms with van der Waals surface area (Å²) in [7, 11) is 1.60. The number of amides is 2. The standard InChI is InChI=1S/C14H24N2O4/c1-14(2,20)8-15(3)13(19)16-7-9-5-4-6-10(9)11(16)12(17)18/h9-11,20H,4-8H2,1-3H3,(H,17,18). The van der Waals surface area contributed by atoms with Gasteiger partial charge in [0.05, 0.1) is 12.1 Å². The molecule has 2 aliphatic rings. The smallest absolute Gasteiger partial charge is 0.326 e. The maximum Gasteiger partial charge on any atom is 0.326 e. The zero-order valence-corrected chi connectivity index (χ0v) is 12.4. The van der Waals surface area contributed by atoms with Crippen molar-refractivity contribution in [2.75, 3.05) is 20.1 Å². The Morgan fingerprint density at radius 1 is 1.35 bits per heavy atom. The van der Waals surface area contributed by atoms with E-state index in [9.17, 15) is 19.8 Å². The number of hydrogen-bond acceptors (Lipinski definition) is 3. The van der Waals surface area contributed by atoms with E-state index in [1.54, 1.807) is 20.9 Å². The Hall–Kier alpha value is -1.30. The largest absolute Gasteiger partial charge is 0.480 e. The summed E-state index contributed by atoms with van der Waals surface area (Å²) in [5, 5.41) is 19.2. The van der Waals surface area contributed by atoms with Gasteiger partial charge in [0.1, 0.15) is 6.04 Å². The number of aliphatic carboxylic acids is 1. The summed E-state index contributed by atoms with van der Waals surface area (Å²) in [6.07, 6.45) is 2.95. The maximum absolute atomic E-state index is 12.4. The molecule has 3 unspecified atom stereocenters. The molecule has 2 fully saturated rings. The lowest BCUT2D eigenvalue weighted by Crippen LogP contribution is -2.51. The molecule has 1 saturated carbocycles. The third-order valence-electron chi connectivity index (χ3n) is 4.34. The van der Waals surface area contributed by atoms with Gasteiger partial charge in [0, 0.05) is 13.6 Å². The van der Waals surface area contributed by atoms with Gasteiger partial charge in [-0.15, -0.1) is 0 Å². The first-order chi connectivity index (χ1) is 9.20. The van der Waals surface area contributed by atoms with Crippen molar-refractivity contribution in [1.29, 1.82) is 0 Å². The van der Waals surface area contributed by atoms with Gasteiger partial charge in [0.15, 0.2) is 0 Å². The van der Waals surface area contributed by atoms with Gasteiger partial charge in [-0.05, 0) is 38.5 Å². The number of likely N-dealkylation sites (tertiary alicyclic amines) is 1. The van der Waals surface area contributed by atoms with Crippen LogP contribution in [0.5, 0.6) is 0 Å². The number of carbonyl (C=O) groups is 2. The van der Waals surface area contributed by atoms with E-state index in [4.69, 9.17) is 0 Å². The first-order valence-electron chi connectivity index (χ1n) is 7.17. The number of likely N-dealkylation sites (N-methyl/N-ethyl adjacent to an activating group) is 1. The second-order valence-corrected chi connectivity index (χ2v) is 6.74. The number of carbonyl (C=O) groups excluding carboxylic acids is 1. The fourth-order valence-electron chi connectivity index (χ4n) is 3.69. The molecule has 6 nitrogen and oxygen atoms in total. The van der Waals surface area contributed by atoms with E-state index >= 15 is 0 Å². The molecule has 0 radical (unpaired) electrons. The van der Waals surface area contributed by atoms with Gasteiger partial charge in [-0.25, -0.2) is 9.59 Å². The van der Waals surface area contributed by atoms with E-state index in [-0.39, 0.29) is 18.5 Å². The highest BCUT2D eigenvalue weighted by atomic mass is 16.4. The van der Waals surface area contributed by atoms with Crippen LogP contribution in [0.4, 0.5) is 4.79 Å². The molecule has 1 heterocycles. The molecule has 0 aromatic heterocycles. The number of hydrogen-bond donors (Lipinski definition) is 2. The summed E-state index contributed by atoms with van der Waals surface area (Å²) in [6, 6.07) is -1.01. The number of nitrogens with zero attached hydrogens (tertiary/aromatic N) is 2. The molecule has 0 spiro atoms. The second kappa shape index (κ2) is 5.24. The normalized spacial score (nSPS) is 29.4. The summed E-state index contributed by atoms with van der Waals surface area (Å²) in [6.45, 7) is 3.97. The van der Waals surface area contributed by atoms with E-state index < -0.39 is 17.6 Å². The highest BCUT2D eigenvalue weighted by molar-refractivity contribution is 5.83. The third kappa shape index (κ3) is 2.90. The maximum atomic E-state index is 12.4. The molecule has 2 amide bonds. The van der Waals surface area contributed by atoms with Crippen LogP contribution in [0.2, 0.25) is 0 Å². The van der Waals surface area contributed by atoms with Crippen LogP contribution in [0.1, 0.15) is 33.1 Å². The molecule has 1 aliphatic heterocycles. The molecular formula is C14H24N2O4. The Labute approximate surface area is 119 Å². The second-order valence-electron chi connectivity index (χ2n) is 6.74. The van der Waals surface area contributed by atoms with Gasteiger partial charge in [-0.3, -0.25) is 0 Å². The topological polar surface area (TPSA) is 81.1 Å². The molecule has 2 N–H and O–H groups in total. The summed E-state index contributed by atoms with van der Waals surface area (Å²) in [5.41, 5.74) is -0.987. The molecule has 0 aromatic rings. The minimum Gasteiger partial charge on any atom is -0.480 e. The van der Waals surface area contributed by atoms with E-state index in [1.165, 1.54) is 9.80 Å². The average Bonchev–Trinajstić information content (AvgIpc) is 2.83. The van der Waals surface area contributed by atoms with E-state index in [1.807, 2.05) is 0 Å². The monoisotopic (exact) mass is 284 g/mol. The SMILES string of the molecule is CN(CC(C)(C)O)C(=O)N1CC2CCCC2C1C(=O)O. The Bertz CT molecular complexity index is 404. The first-order valence-corrected chi connectivity index (χ1v) is 7.17. The van der Waals surface area contributed by atoms with Crippen LogP contribution in [-0.4, -0.2) is 63.8 Å². The molecule has 1 aliphatic carbocycles. The van der Waals surface area contributed by atoms with Crippen LogP contribution < -0.4 is 0 Å². The summed E-state index contributed by atoms with van der Waals surface area (Å²) < 4.78 is 0. The van der Waals surface area contributed by atoms with Crippen LogP contribution in [0.25, 0.3) is 0 Å². The number of carboxylic acids is 1. The Kier molecular flexibility index (Phi) is 3.95. The predicted molar refractivity (Wildman–Crippen MR) is 73.3 cm³/mol. The van der Waals surface area contributed by atoms with Gasteiger partial charge in [-0.1, -0.05) is 6.42 Å². The van der Waals surface area contributed by atoms with Gasteiger partial charge >= 0.3 is 12.0 Å². The van der Waals surface area contributed by atoms with Gasteiger partial charge in [0.25, 0.3) is 0 Å². The highest BCUT2D eigenvalue weighted by Gasteiger charge is 2.50. The van der Waals surface area contributed by atoms with Crippen LogP contribution in [0.15, 0.2) is 0 Å². The zero-order valence-electron chi connectivity index (χ0n) is 12.4. The summed E-state index contributed by atoms with van der Waals surface area (Å²) in [5.74, 6) is -0.507. The van der Waals surface area contributed by atoms with E-state index in [0.717, 1.165) is 19.3 Å². The lowest BCUT2D eigenvalue weighted by molar-refractivity contribution is -0.142. The molecule has 6 heteroatoms. The van der Waals surface area contributed by atoms with Crippen molar-refractivity contribution in [2.24, 2.45) is 11.8 Å². The predicted octanol–water partition coefficient (Wildman–Crippen LogP) is 0.994. The van der Waals surface area contributed by atoms with Crippen molar-refractivity contribution >= 4 is 12.0 Å². The average molecular weight is 284 g/mol. The molecule has 1 saturated heterocycles. The number of urea groups is 1. The quantitative estimate of drug-likeness (QED) is 0.810. The number of carboxylic acid groups (broad SMARTS) is 1. The third-order valence-corrected chi connectivity index (χ3v) is 4.34. The van der Waals surface area contributed by atoms with Gasteiger partial charge < -0.3 is 20.0 Å². The molecule has 3 atom stereocenters. The first kappa shape index (κ1) is 15.1. The van der Waals surface area contributed by atoms with Crippen molar-refractivity contribution in [1.82, 2.24) is 9.80 Å². The highest BCUT2D eigenvalue weighted by Crippen LogP contribution is 2.42. The number of rotatable bonds is 3. The Morgan fingerprint density at radius 2 is 2.00 bits per heavy atom. The lowest BCUT2D eigenvalue weighted by Gasteiger charge is -2.32. The van der Waals surface area contributed by atoms with E-state index in [0.29, 0.717) is 12.5 Å². The van der Waals surface area contributed by atoms with Crippen molar-refractivity contribution in [3.63, 3.8) is 0 Å². The van der Waals surface area contributed by atoms with Crippen molar-refractivity contribution < 1.29 is 19.8 Å². The fraction of sp³-hybridized carbons (Fsp3) is 0.857. The van der Waals surface area contributed by atoms with Gasteiger partial charge in [0.2, 0.25) is 0 Å². The minimum absolute atomic E-state index is 0.0898. The molecule has 20 heavy (non-hydrogen) atoms. The minimum atomic E-state index is -0.987. The molecular weight excluding hydrogens is 260 g/mol. The van der Waals surface area contributed by atoms with Crippen LogP contribution in [-0.2, 0) is 4.79 Å². The van der Waals surface area contributed by atoms with Crippen LogP contribution in [0, 0.1) is 11.8 Å².